The summed E-state index contributed by atoms with van der Waals surface area (Å²) in [6.07, 6.45) is 5.14. The normalized spacial score (nSPS) is 13.2. The van der Waals surface area contributed by atoms with Gasteiger partial charge in [-0.25, -0.2) is 26.5 Å². The summed E-state index contributed by atoms with van der Waals surface area (Å²) in [5.74, 6) is 0. The van der Waals surface area contributed by atoms with Crippen LogP contribution in [0.5, 0.6) is 0 Å². The summed E-state index contributed by atoms with van der Waals surface area (Å²) in [7, 11) is -7.14. The predicted molar refractivity (Wildman–Crippen MR) is 106 cm³/mol. The van der Waals surface area contributed by atoms with Crippen molar-refractivity contribution in [3.05, 3.63) is 60.7 Å². The highest BCUT2D eigenvalue weighted by Gasteiger charge is 2.19. The molecule has 0 saturated heterocycles. The lowest BCUT2D eigenvalue weighted by Gasteiger charge is -2.19. The van der Waals surface area contributed by atoms with Crippen LogP contribution in [0.25, 0.3) is 5.69 Å². The minimum Gasteiger partial charge on any atom is -0.377 e. The SMILES string of the molecule is CC(Nc1ccc(S(C)(=O)=O)cc1S(C)(=O)=O)c1ccc(-n2cncn2)cc1. The van der Waals surface area contributed by atoms with Gasteiger partial charge in [0, 0.05) is 18.6 Å². The second kappa shape index (κ2) is 7.36. The van der Waals surface area contributed by atoms with Gasteiger partial charge >= 0.3 is 0 Å². The average Bonchev–Trinajstić information content (AvgIpc) is 3.15. The molecule has 0 amide bonds. The topological polar surface area (TPSA) is 111 Å². The zero-order valence-electron chi connectivity index (χ0n) is 15.6. The molecule has 0 fully saturated rings. The molecule has 0 radical (unpaired) electrons. The third-order valence-electron chi connectivity index (χ3n) is 4.23. The van der Waals surface area contributed by atoms with Gasteiger partial charge in [-0.3, -0.25) is 0 Å². The Morgan fingerprint density at radius 2 is 1.64 bits per heavy atom. The molecule has 1 atom stereocenters. The molecule has 0 bridgehead atoms. The highest BCUT2D eigenvalue weighted by atomic mass is 32.2. The molecule has 2 aromatic carbocycles. The Labute approximate surface area is 164 Å². The number of nitrogens with zero attached hydrogens (tertiary/aromatic N) is 3. The van der Waals surface area contributed by atoms with Crippen LogP contribution in [0.2, 0.25) is 0 Å². The Morgan fingerprint density at radius 1 is 0.964 bits per heavy atom. The highest BCUT2D eigenvalue weighted by molar-refractivity contribution is 7.91. The largest absolute Gasteiger partial charge is 0.377 e. The lowest BCUT2D eigenvalue weighted by Crippen LogP contribution is -2.12. The number of sulfone groups is 2. The van der Waals surface area contributed by atoms with Crippen LogP contribution < -0.4 is 5.32 Å². The molecule has 8 nitrogen and oxygen atoms in total. The maximum atomic E-state index is 12.2. The molecule has 0 spiro atoms. The zero-order valence-corrected chi connectivity index (χ0v) is 17.2. The number of rotatable bonds is 6. The van der Waals surface area contributed by atoms with E-state index in [-0.39, 0.29) is 15.8 Å². The van der Waals surface area contributed by atoms with Crippen LogP contribution in [0.15, 0.2) is 64.9 Å². The van der Waals surface area contributed by atoms with Crippen molar-refractivity contribution < 1.29 is 16.8 Å². The molecule has 10 heteroatoms. The maximum Gasteiger partial charge on any atom is 0.177 e. The molecule has 148 valence electrons. The van der Waals surface area contributed by atoms with E-state index in [0.29, 0.717) is 5.69 Å². The number of benzene rings is 2. The van der Waals surface area contributed by atoms with Crippen LogP contribution in [-0.2, 0) is 19.7 Å². The summed E-state index contributed by atoms with van der Waals surface area (Å²) in [5, 5.41) is 7.23. The van der Waals surface area contributed by atoms with Crippen molar-refractivity contribution in [1.82, 2.24) is 14.8 Å². The maximum absolute atomic E-state index is 12.2. The fraction of sp³-hybridized carbons (Fsp3) is 0.222. The van der Waals surface area contributed by atoms with E-state index in [0.717, 1.165) is 23.8 Å². The van der Waals surface area contributed by atoms with Crippen molar-refractivity contribution in [3.8, 4) is 5.69 Å². The van der Waals surface area contributed by atoms with Crippen molar-refractivity contribution >= 4 is 25.4 Å². The van der Waals surface area contributed by atoms with E-state index < -0.39 is 19.7 Å². The van der Waals surface area contributed by atoms with E-state index in [1.807, 2.05) is 31.2 Å². The summed E-state index contributed by atoms with van der Waals surface area (Å²) in [6.45, 7) is 1.89. The number of anilines is 1. The lowest BCUT2D eigenvalue weighted by atomic mass is 10.1. The molecular formula is C18H20N4O4S2. The van der Waals surface area contributed by atoms with Gasteiger partial charge in [0.15, 0.2) is 19.7 Å². The van der Waals surface area contributed by atoms with Crippen LogP contribution in [0, 0.1) is 0 Å². The number of nitrogens with one attached hydrogen (secondary N) is 1. The lowest BCUT2D eigenvalue weighted by molar-refractivity contribution is 0.600. The Bertz CT molecular complexity index is 1190. The van der Waals surface area contributed by atoms with Crippen LogP contribution in [0.3, 0.4) is 0 Å². The van der Waals surface area contributed by atoms with E-state index in [1.165, 1.54) is 24.5 Å². The van der Waals surface area contributed by atoms with Gasteiger partial charge in [0.1, 0.15) is 12.7 Å². The first-order chi connectivity index (χ1) is 13.1. The molecule has 0 aliphatic rings. The quantitative estimate of drug-likeness (QED) is 0.651. The van der Waals surface area contributed by atoms with Crippen LogP contribution in [-0.4, -0.2) is 44.1 Å². The summed E-state index contributed by atoms with van der Waals surface area (Å²) in [4.78, 5) is 3.82. The molecular weight excluding hydrogens is 400 g/mol. The summed E-state index contributed by atoms with van der Waals surface area (Å²) in [6, 6.07) is 11.4. The molecule has 0 aliphatic carbocycles. The van der Waals surface area contributed by atoms with Crippen molar-refractivity contribution in [2.45, 2.75) is 22.8 Å². The van der Waals surface area contributed by atoms with Crippen molar-refractivity contribution in [1.29, 1.82) is 0 Å². The smallest absolute Gasteiger partial charge is 0.177 e. The molecule has 3 aromatic rings. The van der Waals surface area contributed by atoms with E-state index in [1.54, 1.807) is 11.0 Å². The zero-order chi connectivity index (χ0) is 20.5. The van der Waals surface area contributed by atoms with Crippen LogP contribution in [0.4, 0.5) is 5.69 Å². The Morgan fingerprint density at radius 3 is 2.18 bits per heavy atom. The minimum absolute atomic E-state index is 0.0386. The van der Waals surface area contributed by atoms with Crippen molar-refractivity contribution in [3.63, 3.8) is 0 Å². The molecule has 0 aliphatic heterocycles. The van der Waals surface area contributed by atoms with Gasteiger partial charge in [0.25, 0.3) is 0 Å². The van der Waals surface area contributed by atoms with Crippen molar-refractivity contribution in [2.75, 3.05) is 17.8 Å². The molecule has 1 heterocycles. The molecule has 1 unspecified atom stereocenters. The Balaban J connectivity index is 1.90. The standard InChI is InChI=1S/C18H20N4O4S2/c1-13(14-4-6-15(7-5-14)22-12-19-11-20-22)21-17-9-8-16(27(2,23)24)10-18(17)28(3,25)26/h4-13,21H,1-3H3. The molecule has 1 aromatic heterocycles. The van der Waals surface area contributed by atoms with Gasteiger partial charge in [0.2, 0.25) is 0 Å². The van der Waals surface area contributed by atoms with Crippen molar-refractivity contribution in [2.24, 2.45) is 0 Å². The van der Waals surface area contributed by atoms with Gasteiger partial charge in [-0.1, -0.05) is 12.1 Å². The number of hydrogen-bond acceptors (Lipinski definition) is 7. The second-order valence-electron chi connectivity index (χ2n) is 6.50. The number of hydrogen-bond donors (Lipinski definition) is 1. The van der Waals surface area contributed by atoms with Gasteiger partial charge < -0.3 is 5.32 Å². The van der Waals surface area contributed by atoms with Crippen LogP contribution in [0.1, 0.15) is 18.5 Å². The van der Waals surface area contributed by atoms with Gasteiger partial charge in [-0.2, -0.15) is 5.10 Å². The minimum atomic E-state index is -3.63. The Kier molecular flexibility index (Phi) is 5.26. The monoisotopic (exact) mass is 420 g/mol. The highest BCUT2D eigenvalue weighted by Crippen LogP contribution is 2.28. The summed E-state index contributed by atoms with van der Waals surface area (Å²) >= 11 is 0. The van der Waals surface area contributed by atoms with Gasteiger partial charge in [-0.05, 0) is 42.8 Å². The predicted octanol–water partition coefficient (Wildman–Crippen LogP) is 2.25. The molecule has 1 N–H and O–H groups in total. The fourth-order valence-electron chi connectivity index (χ4n) is 2.73. The Hall–Kier alpha value is -2.72. The first kappa shape index (κ1) is 20.0. The first-order valence-corrected chi connectivity index (χ1v) is 12.1. The summed E-state index contributed by atoms with van der Waals surface area (Å²) < 4.78 is 49.5. The number of aromatic nitrogens is 3. The summed E-state index contributed by atoms with van der Waals surface area (Å²) in [5.41, 5.74) is 2.13. The molecule has 0 saturated carbocycles. The molecule has 28 heavy (non-hydrogen) atoms. The van der Waals surface area contributed by atoms with E-state index in [2.05, 4.69) is 15.4 Å². The van der Waals surface area contributed by atoms with E-state index in [9.17, 15) is 16.8 Å². The first-order valence-electron chi connectivity index (χ1n) is 8.31. The van der Waals surface area contributed by atoms with Gasteiger partial charge in [0.05, 0.1) is 21.2 Å². The van der Waals surface area contributed by atoms with E-state index >= 15 is 0 Å². The van der Waals surface area contributed by atoms with E-state index in [4.69, 9.17) is 0 Å². The molecule has 3 rings (SSSR count). The third-order valence-corrected chi connectivity index (χ3v) is 6.48. The fourth-order valence-corrected chi connectivity index (χ4v) is 4.32. The second-order valence-corrected chi connectivity index (χ2v) is 10.5. The van der Waals surface area contributed by atoms with Gasteiger partial charge in [-0.15, -0.1) is 0 Å². The average molecular weight is 421 g/mol. The third kappa shape index (κ3) is 4.39. The van der Waals surface area contributed by atoms with Crippen LogP contribution >= 0.6 is 0 Å².